The lowest BCUT2D eigenvalue weighted by atomic mass is 9.95. The topological polar surface area (TPSA) is 56.1 Å². The molecule has 0 unspecified atom stereocenters. The van der Waals surface area contributed by atoms with Gasteiger partial charge in [-0.1, -0.05) is 25.3 Å². The van der Waals surface area contributed by atoms with E-state index in [1.807, 2.05) is 6.07 Å². The smallest absolute Gasteiger partial charge is 0.262 e. The molecule has 1 N–H and O–H groups in total. The summed E-state index contributed by atoms with van der Waals surface area (Å²) < 4.78 is 0. The molecule has 2 aliphatic rings. The number of hydrogen-bond donors (Lipinski definition) is 1. The van der Waals surface area contributed by atoms with E-state index in [1.165, 1.54) is 30.5 Å². The molecule has 1 aliphatic heterocycles. The minimum absolute atomic E-state index is 0.193. The third kappa shape index (κ3) is 4.42. The van der Waals surface area contributed by atoms with E-state index in [4.69, 9.17) is 0 Å². The maximum absolute atomic E-state index is 12.4. The molecule has 1 aromatic rings. The Balaban J connectivity index is 1.71. The second-order valence-corrected chi connectivity index (χ2v) is 7.22. The Morgan fingerprint density at radius 1 is 1.20 bits per heavy atom. The van der Waals surface area contributed by atoms with Gasteiger partial charge < -0.3 is 10.2 Å². The highest BCUT2D eigenvalue weighted by atomic mass is 16.1. The number of carbonyl (C=O) groups excluding carboxylic acids is 1. The fourth-order valence-electron chi connectivity index (χ4n) is 3.91. The van der Waals surface area contributed by atoms with Crippen LogP contribution in [-0.4, -0.2) is 25.0 Å². The molecule has 1 heterocycles. The highest BCUT2D eigenvalue weighted by molar-refractivity contribution is 6.01. The Morgan fingerprint density at radius 2 is 1.92 bits per heavy atom. The minimum atomic E-state index is -0.240. The first-order valence-corrected chi connectivity index (χ1v) is 9.45. The molecule has 132 valence electrons. The Kier molecular flexibility index (Phi) is 5.75. The molecule has 1 amide bonds. The fraction of sp³-hybridized carbons (Fsp3) is 0.524. The first-order valence-electron chi connectivity index (χ1n) is 9.45. The lowest BCUT2D eigenvalue weighted by molar-refractivity contribution is -0.117. The highest BCUT2D eigenvalue weighted by Gasteiger charge is 2.18. The Hall–Kier alpha value is -2.28. The number of nitrogens with one attached hydrogen (secondary N) is 1. The zero-order valence-corrected chi connectivity index (χ0v) is 15.1. The van der Waals surface area contributed by atoms with Gasteiger partial charge in [0, 0.05) is 24.8 Å². The van der Waals surface area contributed by atoms with Crippen LogP contribution in [0, 0.1) is 18.3 Å². The third-order valence-corrected chi connectivity index (χ3v) is 5.28. The SMILES string of the molecule is Cc1cc(/C=C(\C#N)C(=O)NC2CCCCC2)ccc1N1CCCC1. The summed E-state index contributed by atoms with van der Waals surface area (Å²) in [6, 6.07) is 8.47. The molecule has 0 atom stereocenters. The van der Waals surface area contributed by atoms with Gasteiger partial charge in [0.15, 0.2) is 0 Å². The molecule has 0 spiro atoms. The molecule has 4 nitrogen and oxygen atoms in total. The number of amides is 1. The molecule has 4 heteroatoms. The van der Waals surface area contributed by atoms with Crippen LogP contribution in [0.15, 0.2) is 23.8 Å². The average molecular weight is 337 g/mol. The van der Waals surface area contributed by atoms with Crippen LogP contribution >= 0.6 is 0 Å². The summed E-state index contributed by atoms with van der Waals surface area (Å²) in [5, 5.41) is 12.4. The summed E-state index contributed by atoms with van der Waals surface area (Å²) in [4.78, 5) is 14.8. The van der Waals surface area contributed by atoms with Crippen LogP contribution in [-0.2, 0) is 4.79 Å². The molecule has 3 rings (SSSR count). The fourth-order valence-corrected chi connectivity index (χ4v) is 3.91. The number of nitrogens with zero attached hydrogens (tertiary/aromatic N) is 2. The van der Waals surface area contributed by atoms with Crippen molar-refractivity contribution in [2.45, 2.75) is 57.9 Å². The van der Waals surface area contributed by atoms with Crippen molar-refractivity contribution in [3.8, 4) is 6.07 Å². The molecular formula is C21H27N3O. The molecule has 1 saturated heterocycles. The summed E-state index contributed by atoms with van der Waals surface area (Å²) in [5.41, 5.74) is 3.56. The van der Waals surface area contributed by atoms with Crippen LogP contribution in [0.5, 0.6) is 0 Å². The molecule has 1 saturated carbocycles. The summed E-state index contributed by atoms with van der Waals surface area (Å²) in [6.07, 6.45) is 9.82. The van der Waals surface area contributed by atoms with Gasteiger partial charge in [-0.2, -0.15) is 5.26 Å². The van der Waals surface area contributed by atoms with Gasteiger partial charge in [0.25, 0.3) is 5.91 Å². The van der Waals surface area contributed by atoms with Crippen LogP contribution in [0.25, 0.3) is 6.08 Å². The number of benzene rings is 1. The molecule has 1 aromatic carbocycles. The van der Waals surface area contributed by atoms with Crippen LogP contribution in [0.2, 0.25) is 0 Å². The molecule has 2 fully saturated rings. The predicted molar refractivity (Wildman–Crippen MR) is 101 cm³/mol. The van der Waals surface area contributed by atoms with Crippen molar-refractivity contribution >= 4 is 17.7 Å². The van der Waals surface area contributed by atoms with Crippen molar-refractivity contribution < 1.29 is 4.79 Å². The molecule has 25 heavy (non-hydrogen) atoms. The summed E-state index contributed by atoms with van der Waals surface area (Å²) in [6.45, 7) is 4.33. The average Bonchev–Trinajstić information content (AvgIpc) is 3.15. The number of aryl methyl sites for hydroxylation is 1. The first-order chi connectivity index (χ1) is 12.2. The van der Waals surface area contributed by atoms with E-state index in [1.54, 1.807) is 6.08 Å². The van der Waals surface area contributed by atoms with Gasteiger partial charge in [-0.3, -0.25) is 4.79 Å². The number of hydrogen-bond acceptors (Lipinski definition) is 3. The minimum Gasteiger partial charge on any atom is -0.371 e. The van der Waals surface area contributed by atoms with Gasteiger partial charge in [-0.25, -0.2) is 0 Å². The lowest BCUT2D eigenvalue weighted by Crippen LogP contribution is -2.36. The Labute approximate surface area is 150 Å². The normalized spacial score (nSPS) is 18.9. The van der Waals surface area contributed by atoms with Gasteiger partial charge >= 0.3 is 0 Å². The largest absolute Gasteiger partial charge is 0.371 e. The number of rotatable bonds is 4. The third-order valence-electron chi connectivity index (χ3n) is 5.28. The van der Waals surface area contributed by atoms with Crippen molar-refractivity contribution in [2.75, 3.05) is 18.0 Å². The van der Waals surface area contributed by atoms with Crippen molar-refractivity contribution in [3.63, 3.8) is 0 Å². The van der Waals surface area contributed by atoms with Crippen LogP contribution in [0.3, 0.4) is 0 Å². The zero-order chi connectivity index (χ0) is 17.6. The van der Waals surface area contributed by atoms with Crippen molar-refractivity contribution in [1.29, 1.82) is 5.26 Å². The van der Waals surface area contributed by atoms with Crippen molar-refractivity contribution in [1.82, 2.24) is 5.32 Å². The molecule has 0 aromatic heterocycles. The van der Waals surface area contributed by atoms with E-state index in [0.717, 1.165) is 44.3 Å². The lowest BCUT2D eigenvalue weighted by Gasteiger charge is -2.22. The van der Waals surface area contributed by atoms with Crippen LogP contribution < -0.4 is 10.2 Å². The quantitative estimate of drug-likeness (QED) is 0.668. The zero-order valence-electron chi connectivity index (χ0n) is 15.1. The van der Waals surface area contributed by atoms with Gasteiger partial charge in [0.05, 0.1) is 0 Å². The standard InChI is InChI=1S/C21H27N3O/c1-16-13-17(9-10-20(16)24-11-5-6-12-24)14-18(15-22)21(25)23-19-7-3-2-4-8-19/h9-10,13-14,19H,2-8,11-12H2,1H3,(H,23,25)/b18-14+. The maximum Gasteiger partial charge on any atom is 0.262 e. The molecule has 0 radical (unpaired) electrons. The molecule has 1 aliphatic carbocycles. The van der Waals surface area contributed by atoms with Gasteiger partial charge in [0.2, 0.25) is 0 Å². The predicted octanol–water partition coefficient (Wildman–Crippen LogP) is 3.95. The van der Waals surface area contributed by atoms with Gasteiger partial charge in [0.1, 0.15) is 11.6 Å². The van der Waals surface area contributed by atoms with Gasteiger partial charge in [-0.15, -0.1) is 0 Å². The summed E-state index contributed by atoms with van der Waals surface area (Å²) >= 11 is 0. The first kappa shape index (κ1) is 17.5. The van der Waals surface area contributed by atoms with Crippen molar-refractivity contribution in [3.05, 3.63) is 34.9 Å². The second kappa shape index (κ2) is 8.20. The van der Waals surface area contributed by atoms with E-state index >= 15 is 0 Å². The maximum atomic E-state index is 12.4. The van der Waals surface area contributed by atoms with Crippen LogP contribution in [0.4, 0.5) is 5.69 Å². The summed E-state index contributed by atoms with van der Waals surface area (Å²) in [5.74, 6) is -0.240. The highest BCUT2D eigenvalue weighted by Crippen LogP contribution is 2.26. The molecular weight excluding hydrogens is 310 g/mol. The summed E-state index contributed by atoms with van der Waals surface area (Å²) in [7, 11) is 0. The van der Waals surface area contributed by atoms with Crippen molar-refractivity contribution in [2.24, 2.45) is 0 Å². The van der Waals surface area contributed by atoms with E-state index in [9.17, 15) is 10.1 Å². The van der Waals surface area contributed by atoms with E-state index in [-0.39, 0.29) is 17.5 Å². The monoisotopic (exact) mass is 337 g/mol. The second-order valence-electron chi connectivity index (χ2n) is 7.22. The van der Waals surface area contributed by atoms with E-state index in [2.05, 4.69) is 35.3 Å². The van der Waals surface area contributed by atoms with E-state index in [0.29, 0.717) is 0 Å². The van der Waals surface area contributed by atoms with E-state index < -0.39 is 0 Å². The molecule has 0 bridgehead atoms. The number of carbonyl (C=O) groups is 1. The number of anilines is 1. The van der Waals surface area contributed by atoms with Gasteiger partial charge in [-0.05, 0) is 61.9 Å². The van der Waals surface area contributed by atoms with Crippen LogP contribution in [0.1, 0.15) is 56.1 Å². The Morgan fingerprint density at radius 3 is 2.56 bits per heavy atom. The Bertz CT molecular complexity index is 690. The number of nitriles is 1.